The Labute approximate surface area is 108 Å². The van der Waals surface area contributed by atoms with E-state index in [1.807, 2.05) is 6.07 Å². The summed E-state index contributed by atoms with van der Waals surface area (Å²) >= 11 is 3.28. The van der Waals surface area contributed by atoms with E-state index in [0.717, 1.165) is 4.47 Å². The number of nitrogens with one attached hydrogen (secondary N) is 1. The zero-order valence-corrected chi connectivity index (χ0v) is 11.4. The summed E-state index contributed by atoms with van der Waals surface area (Å²) in [4.78, 5) is 3.81. The number of imidazole rings is 1. The lowest BCUT2D eigenvalue weighted by Gasteiger charge is -2.05. The van der Waals surface area contributed by atoms with Gasteiger partial charge in [0.25, 0.3) is 10.0 Å². The number of aryl methyl sites for hydroxylation is 1. The first-order valence-electron chi connectivity index (χ1n) is 4.74. The molecule has 17 heavy (non-hydrogen) atoms. The average molecular weight is 316 g/mol. The van der Waals surface area contributed by atoms with Crippen molar-refractivity contribution in [1.29, 1.82) is 0 Å². The highest BCUT2D eigenvalue weighted by Crippen LogP contribution is 2.18. The Balaban J connectivity index is 2.29. The van der Waals surface area contributed by atoms with Crippen LogP contribution >= 0.6 is 15.9 Å². The summed E-state index contributed by atoms with van der Waals surface area (Å²) in [6.45, 7) is 0. The van der Waals surface area contributed by atoms with Gasteiger partial charge in [-0.1, -0.05) is 22.0 Å². The van der Waals surface area contributed by atoms with E-state index in [1.165, 1.54) is 12.5 Å². The van der Waals surface area contributed by atoms with Gasteiger partial charge in [0.15, 0.2) is 5.03 Å². The summed E-state index contributed by atoms with van der Waals surface area (Å²) in [5.74, 6) is 0. The van der Waals surface area contributed by atoms with Crippen molar-refractivity contribution in [2.45, 2.75) is 5.03 Å². The second kappa shape index (κ2) is 4.50. The van der Waals surface area contributed by atoms with E-state index in [2.05, 4.69) is 25.6 Å². The molecular formula is C10H10BrN3O2S. The van der Waals surface area contributed by atoms with E-state index in [0.29, 0.717) is 5.69 Å². The Morgan fingerprint density at radius 3 is 2.76 bits per heavy atom. The summed E-state index contributed by atoms with van der Waals surface area (Å²) < 4.78 is 28.7. The van der Waals surface area contributed by atoms with Crippen molar-refractivity contribution < 1.29 is 8.42 Å². The first-order valence-corrected chi connectivity index (χ1v) is 7.01. The quantitative estimate of drug-likeness (QED) is 0.942. The first-order chi connectivity index (χ1) is 7.97. The van der Waals surface area contributed by atoms with Gasteiger partial charge in [-0.15, -0.1) is 0 Å². The van der Waals surface area contributed by atoms with E-state index in [-0.39, 0.29) is 5.03 Å². The maximum absolute atomic E-state index is 11.9. The largest absolute Gasteiger partial charge is 0.339 e. The number of aromatic nitrogens is 2. The van der Waals surface area contributed by atoms with Crippen molar-refractivity contribution in [2.24, 2.45) is 7.05 Å². The lowest BCUT2D eigenvalue weighted by Crippen LogP contribution is -2.13. The molecule has 0 saturated heterocycles. The van der Waals surface area contributed by atoms with Crippen LogP contribution in [0.15, 0.2) is 46.3 Å². The van der Waals surface area contributed by atoms with Crippen LogP contribution in [0.25, 0.3) is 0 Å². The number of hydrogen-bond donors (Lipinski definition) is 1. The first kappa shape index (κ1) is 12.1. The highest BCUT2D eigenvalue weighted by atomic mass is 79.9. The summed E-state index contributed by atoms with van der Waals surface area (Å²) in [5, 5.41) is -0.0000227. The fourth-order valence-corrected chi connectivity index (χ4v) is 2.72. The van der Waals surface area contributed by atoms with Crippen molar-refractivity contribution in [3.8, 4) is 0 Å². The Kier molecular flexibility index (Phi) is 3.21. The standard InChI is InChI=1S/C10H10BrN3O2S/c1-14-6-10(12-7-14)17(15,16)13-9-4-2-3-8(11)5-9/h2-7,13H,1H3. The van der Waals surface area contributed by atoms with Crippen LogP contribution in [0.1, 0.15) is 0 Å². The maximum atomic E-state index is 11.9. The van der Waals surface area contributed by atoms with E-state index in [1.54, 1.807) is 29.8 Å². The number of anilines is 1. The lowest BCUT2D eigenvalue weighted by atomic mass is 10.3. The maximum Gasteiger partial charge on any atom is 0.280 e. The van der Waals surface area contributed by atoms with Gasteiger partial charge in [0.2, 0.25) is 0 Å². The Morgan fingerprint density at radius 1 is 1.41 bits per heavy atom. The molecule has 0 spiro atoms. The Bertz CT molecular complexity index is 637. The molecule has 2 rings (SSSR count). The number of hydrogen-bond acceptors (Lipinski definition) is 3. The second-order valence-electron chi connectivity index (χ2n) is 3.49. The van der Waals surface area contributed by atoms with Crippen LogP contribution in [-0.2, 0) is 17.1 Å². The summed E-state index contributed by atoms with van der Waals surface area (Å²) in [7, 11) is -1.90. The van der Waals surface area contributed by atoms with Crippen LogP contribution in [0.3, 0.4) is 0 Å². The van der Waals surface area contributed by atoms with E-state index in [4.69, 9.17) is 0 Å². The SMILES string of the molecule is Cn1cnc(S(=O)(=O)Nc2cccc(Br)c2)c1. The van der Waals surface area contributed by atoms with Gasteiger partial charge in [0.05, 0.1) is 6.33 Å². The molecule has 90 valence electrons. The van der Waals surface area contributed by atoms with Crippen LogP contribution < -0.4 is 4.72 Å². The third-order valence-electron chi connectivity index (χ3n) is 2.03. The van der Waals surface area contributed by atoms with Crippen LogP contribution in [0, 0.1) is 0 Å². The third-order valence-corrected chi connectivity index (χ3v) is 3.79. The molecule has 0 unspecified atom stereocenters. The fraction of sp³-hybridized carbons (Fsp3) is 0.100. The molecule has 1 N–H and O–H groups in total. The molecule has 0 fully saturated rings. The molecular weight excluding hydrogens is 306 g/mol. The van der Waals surface area contributed by atoms with Crippen molar-refractivity contribution >= 4 is 31.6 Å². The molecule has 0 saturated carbocycles. The number of halogens is 1. The molecule has 1 aromatic heterocycles. The van der Waals surface area contributed by atoms with Gasteiger partial charge in [0, 0.05) is 23.4 Å². The van der Waals surface area contributed by atoms with Gasteiger partial charge >= 0.3 is 0 Å². The van der Waals surface area contributed by atoms with Crippen molar-refractivity contribution in [3.05, 3.63) is 41.3 Å². The fourth-order valence-electron chi connectivity index (χ4n) is 1.29. The molecule has 5 nitrogen and oxygen atoms in total. The molecule has 0 bridgehead atoms. The molecule has 0 aliphatic heterocycles. The molecule has 1 aromatic carbocycles. The number of nitrogens with zero attached hydrogens (tertiary/aromatic N) is 2. The molecule has 0 aliphatic carbocycles. The van der Waals surface area contributed by atoms with Crippen LogP contribution in [-0.4, -0.2) is 18.0 Å². The van der Waals surface area contributed by atoms with Crippen LogP contribution in [0.5, 0.6) is 0 Å². The van der Waals surface area contributed by atoms with E-state index < -0.39 is 10.0 Å². The van der Waals surface area contributed by atoms with Crippen LogP contribution in [0.2, 0.25) is 0 Å². The number of rotatable bonds is 3. The summed E-state index contributed by atoms with van der Waals surface area (Å²) in [6, 6.07) is 6.92. The predicted octanol–water partition coefficient (Wildman–Crippen LogP) is 1.98. The predicted molar refractivity (Wildman–Crippen MR) is 68.2 cm³/mol. The number of sulfonamides is 1. The molecule has 1 heterocycles. The van der Waals surface area contributed by atoms with Crippen molar-refractivity contribution in [1.82, 2.24) is 9.55 Å². The van der Waals surface area contributed by atoms with Gasteiger partial charge in [-0.05, 0) is 18.2 Å². The molecule has 7 heteroatoms. The van der Waals surface area contributed by atoms with Gasteiger partial charge in [-0.3, -0.25) is 4.72 Å². The monoisotopic (exact) mass is 315 g/mol. The average Bonchev–Trinajstić information content (AvgIpc) is 2.65. The normalized spacial score (nSPS) is 11.4. The van der Waals surface area contributed by atoms with Crippen molar-refractivity contribution in [3.63, 3.8) is 0 Å². The number of benzene rings is 1. The Morgan fingerprint density at radius 2 is 2.18 bits per heavy atom. The molecule has 0 atom stereocenters. The van der Waals surface area contributed by atoms with E-state index >= 15 is 0 Å². The summed E-state index contributed by atoms with van der Waals surface area (Å²) in [5.41, 5.74) is 0.491. The molecule has 0 aliphatic rings. The second-order valence-corrected chi connectivity index (χ2v) is 6.04. The topological polar surface area (TPSA) is 64.0 Å². The highest BCUT2D eigenvalue weighted by molar-refractivity contribution is 9.10. The van der Waals surface area contributed by atoms with Gasteiger partial charge in [0.1, 0.15) is 0 Å². The molecule has 2 aromatic rings. The van der Waals surface area contributed by atoms with Gasteiger partial charge < -0.3 is 4.57 Å². The smallest absolute Gasteiger partial charge is 0.280 e. The Hall–Kier alpha value is -1.34. The lowest BCUT2D eigenvalue weighted by molar-refractivity contribution is 0.598. The minimum atomic E-state index is -3.61. The zero-order valence-electron chi connectivity index (χ0n) is 8.96. The highest BCUT2D eigenvalue weighted by Gasteiger charge is 2.16. The van der Waals surface area contributed by atoms with Gasteiger partial charge in [-0.25, -0.2) is 4.98 Å². The zero-order chi connectivity index (χ0) is 12.5. The third kappa shape index (κ3) is 2.86. The van der Waals surface area contributed by atoms with Crippen molar-refractivity contribution in [2.75, 3.05) is 4.72 Å². The minimum absolute atomic E-state index is 0.0000227. The van der Waals surface area contributed by atoms with Crippen LogP contribution in [0.4, 0.5) is 5.69 Å². The van der Waals surface area contributed by atoms with E-state index in [9.17, 15) is 8.42 Å². The van der Waals surface area contributed by atoms with Gasteiger partial charge in [-0.2, -0.15) is 8.42 Å². The summed E-state index contributed by atoms with van der Waals surface area (Å²) in [6.07, 6.45) is 2.88. The molecule has 0 amide bonds. The minimum Gasteiger partial charge on any atom is -0.339 e. The molecule has 0 radical (unpaired) electrons.